The molecule has 1 heterocycles. The summed E-state index contributed by atoms with van der Waals surface area (Å²) in [6.07, 6.45) is 1.33. The molecule has 3 heteroatoms. The Bertz CT molecular complexity index is 333. The maximum Gasteiger partial charge on any atom is 0.186 e. The number of likely N-dealkylation sites (N-methyl/N-ethyl adjacent to an activating group) is 1. The van der Waals surface area contributed by atoms with E-state index in [1.807, 2.05) is 24.6 Å². The summed E-state index contributed by atoms with van der Waals surface area (Å²) < 4.78 is 0. The molecule has 0 aliphatic heterocycles. The molecule has 1 saturated carbocycles. The lowest BCUT2D eigenvalue weighted by Crippen LogP contribution is -2.27. The van der Waals surface area contributed by atoms with Crippen molar-refractivity contribution in [2.45, 2.75) is 13.3 Å². The van der Waals surface area contributed by atoms with E-state index in [-0.39, 0.29) is 5.78 Å². The lowest BCUT2D eigenvalue weighted by atomic mass is 10.2. The molecule has 0 N–H and O–H groups in total. The molecule has 2 nitrogen and oxygen atoms in total. The Morgan fingerprint density at radius 2 is 2.40 bits per heavy atom. The highest BCUT2D eigenvalue weighted by molar-refractivity contribution is 7.12. The van der Waals surface area contributed by atoms with Crippen molar-refractivity contribution in [1.29, 1.82) is 0 Å². The number of thiophene rings is 1. The van der Waals surface area contributed by atoms with Crippen LogP contribution in [0.5, 0.6) is 0 Å². The minimum Gasteiger partial charge on any atom is -0.299 e. The second-order valence-corrected chi connectivity index (χ2v) is 5.52. The van der Waals surface area contributed by atoms with Gasteiger partial charge in [0.2, 0.25) is 0 Å². The van der Waals surface area contributed by atoms with Crippen LogP contribution in [0, 0.1) is 11.8 Å². The lowest BCUT2D eigenvalue weighted by Gasteiger charge is -2.14. The van der Waals surface area contributed by atoms with Gasteiger partial charge in [0.25, 0.3) is 0 Å². The summed E-state index contributed by atoms with van der Waals surface area (Å²) in [4.78, 5) is 14.8. The van der Waals surface area contributed by atoms with Crippen LogP contribution in [0.2, 0.25) is 0 Å². The first-order valence-electron chi connectivity index (χ1n) is 5.42. The van der Waals surface area contributed by atoms with Gasteiger partial charge in [-0.15, -0.1) is 11.3 Å². The van der Waals surface area contributed by atoms with Gasteiger partial charge in [0.1, 0.15) is 0 Å². The summed E-state index contributed by atoms with van der Waals surface area (Å²) in [5.41, 5.74) is 0. The first kappa shape index (κ1) is 10.8. The molecule has 0 amide bonds. The molecule has 2 unspecified atom stereocenters. The van der Waals surface area contributed by atoms with Crippen LogP contribution in [-0.4, -0.2) is 30.8 Å². The van der Waals surface area contributed by atoms with Crippen molar-refractivity contribution in [3.63, 3.8) is 0 Å². The smallest absolute Gasteiger partial charge is 0.186 e. The third kappa shape index (κ3) is 2.89. The van der Waals surface area contributed by atoms with Gasteiger partial charge in [0.05, 0.1) is 11.4 Å². The Morgan fingerprint density at radius 1 is 1.67 bits per heavy atom. The molecule has 0 bridgehead atoms. The Hall–Kier alpha value is -0.670. The molecule has 0 spiro atoms. The fourth-order valence-corrected chi connectivity index (χ4v) is 2.54. The van der Waals surface area contributed by atoms with Gasteiger partial charge in [0.15, 0.2) is 5.78 Å². The fraction of sp³-hybridized carbons (Fsp3) is 0.583. The zero-order chi connectivity index (χ0) is 10.8. The highest BCUT2D eigenvalue weighted by Gasteiger charge is 2.33. The Labute approximate surface area is 94.9 Å². The molecule has 82 valence electrons. The third-order valence-corrected chi connectivity index (χ3v) is 3.94. The van der Waals surface area contributed by atoms with Crippen molar-refractivity contribution in [2.24, 2.45) is 11.8 Å². The summed E-state index contributed by atoms with van der Waals surface area (Å²) in [6.45, 7) is 3.90. The molecule has 2 atom stereocenters. The number of nitrogens with zero attached hydrogens (tertiary/aromatic N) is 1. The maximum atomic E-state index is 11.8. The van der Waals surface area contributed by atoms with Crippen LogP contribution in [0.1, 0.15) is 23.0 Å². The number of carbonyl (C=O) groups is 1. The van der Waals surface area contributed by atoms with E-state index in [1.54, 1.807) is 0 Å². The predicted octanol–water partition coefficient (Wildman–Crippen LogP) is 2.52. The van der Waals surface area contributed by atoms with E-state index in [0.29, 0.717) is 6.54 Å². The number of carbonyl (C=O) groups excluding carboxylic acids is 1. The molecule has 1 aliphatic carbocycles. The van der Waals surface area contributed by atoms with Gasteiger partial charge < -0.3 is 0 Å². The van der Waals surface area contributed by atoms with Crippen LogP contribution in [0.25, 0.3) is 0 Å². The Kier molecular flexibility index (Phi) is 3.22. The molecule has 0 aromatic carbocycles. The lowest BCUT2D eigenvalue weighted by molar-refractivity contribution is 0.0947. The fourth-order valence-electron chi connectivity index (χ4n) is 1.88. The predicted molar refractivity (Wildman–Crippen MR) is 63.4 cm³/mol. The van der Waals surface area contributed by atoms with E-state index in [2.05, 4.69) is 11.8 Å². The van der Waals surface area contributed by atoms with E-state index in [9.17, 15) is 4.79 Å². The summed E-state index contributed by atoms with van der Waals surface area (Å²) >= 11 is 1.53. The van der Waals surface area contributed by atoms with Crippen molar-refractivity contribution in [2.75, 3.05) is 20.1 Å². The average Bonchev–Trinajstić information content (AvgIpc) is 2.73. The molecule has 1 aromatic rings. The number of hydrogen-bond acceptors (Lipinski definition) is 3. The van der Waals surface area contributed by atoms with Crippen LogP contribution >= 0.6 is 11.3 Å². The quantitative estimate of drug-likeness (QED) is 0.715. The summed E-state index contributed by atoms with van der Waals surface area (Å²) in [6, 6.07) is 3.83. The van der Waals surface area contributed by atoms with Crippen LogP contribution in [0.15, 0.2) is 17.5 Å². The highest BCUT2D eigenvalue weighted by atomic mass is 32.1. The molecule has 1 aromatic heterocycles. The normalized spacial score (nSPS) is 24.5. The minimum absolute atomic E-state index is 0.251. The maximum absolute atomic E-state index is 11.8. The monoisotopic (exact) mass is 223 g/mol. The summed E-state index contributed by atoms with van der Waals surface area (Å²) in [5, 5.41) is 1.95. The van der Waals surface area contributed by atoms with Gasteiger partial charge in [-0.05, 0) is 36.8 Å². The Morgan fingerprint density at radius 3 is 2.93 bits per heavy atom. The highest BCUT2D eigenvalue weighted by Crippen LogP contribution is 2.37. The molecule has 1 aliphatic rings. The topological polar surface area (TPSA) is 20.3 Å². The van der Waals surface area contributed by atoms with Crippen molar-refractivity contribution in [3.8, 4) is 0 Å². The summed E-state index contributed by atoms with van der Waals surface area (Å²) in [7, 11) is 2.04. The molecule has 2 rings (SSSR count). The van der Waals surface area contributed by atoms with Gasteiger partial charge in [-0.25, -0.2) is 0 Å². The number of rotatable bonds is 5. The Balaban J connectivity index is 1.78. The van der Waals surface area contributed by atoms with Gasteiger partial charge in [0, 0.05) is 6.54 Å². The van der Waals surface area contributed by atoms with Crippen molar-refractivity contribution < 1.29 is 4.79 Å². The van der Waals surface area contributed by atoms with Crippen LogP contribution < -0.4 is 0 Å². The van der Waals surface area contributed by atoms with Crippen LogP contribution in [0.4, 0.5) is 0 Å². The largest absolute Gasteiger partial charge is 0.299 e. The molecular formula is C12H17NOS. The molecule has 1 fully saturated rings. The minimum atomic E-state index is 0.251. The summed E-state index contributed by atoms with van der Waals surface area (Å²) in [5.74, 6) is 1.94. The first-order chi connectivity index (χ1) is 7.16. The first-order valence-corrected chi connectivity index (χ1v) is 6.30. The standard InChI is InChI=1S/C12H17NOS/c1-9-6-10(9)7-13(2)8-11(14)12-4-3-5-15-12/h3-5,9-10H,6-8H2,1-2H3. The van der Waals surface area contributed by atoms with Gasteiger partial charge in [-0.3, -0.25) is 9.69 Å². The van der Waals surface area contributed by atoms with E-state index in [0.717, 1.165) is 23.3 Å². The second kappa shape index (κ2) is 4.45. The van der Waals surface area contributed by atoms with E-state index >= 15 is 0 Å². The van der Waals surface area contributed by atoms with Crippen molar-refractivity contribution in [1.82, 2.24) is 4.90 Å². The molecule has 0 radical (unpaired) electrons. The van der Waals surface area contributed by atoms with E-state index < -0.39 is 0 Å². The SMILES string of the molecule is CC1CC1CN(C)CC(=O)c1cccs1. The van der Waals surface area contributed by atoms with Crippen LogP contribution in [-0.2, 0) is 0 Å². The molecule has 15 heavy (non-hydrogen) atoms. The number of ketones is 1. The van der Waals surface area contributed by atoms with Gasteiger partial charge in [-0.2, -0.15) is 0 Å². The van der Waals surface area contributed by atoms with Crippen molar-refractivity contribution >= 4 is 17.1 Å². The molecule has 0 saturated heterocycles. The third-order valence-electron chi connectivity index (χ3n) is 3.03. The van der Waals surface area contributed by atoms with Crippen molar-refractivity contribution in [3.05, 3.63) is 22.4 Å². The van der Waals surface area contributed by atoms with Gasteiger partial charge in [-0.1, -0.05) is 13.0 Å². The average molecular weight is 223 g/mol. The van der Waals surface area contributed by atoms with Gasteiger partial charge >= 0.3 is 0 Å². The second-order valence-electron chi connectivity index (χ2n) is 4.57. The van der Waals surface area contributed by atoms with Crippen LogP contribution in [0.3, 0.4) is 0 Å². The zero-order valence-corrected chi connectivity index (χ0v) is 10.1. The number of Topliss-reactive ketones (excluding diaryl/α,β-unsaturated/α-hetero) is 1. The van der Waals surface area contributed by atoms with E-state index in [4.69, 9.17) is 0 Å². The molecular weight excluding hydrogens is 206 g/mol. The number of hydrogen-bond donors (Lipinski definition) is 0. The zero-order valence-electron chi connectivity index (χ0n) is 9.27. The van der Waals surface area contributed by atoms with E-state index in [1.165, 1.54) is 17.8 Å².